The van der Waals surface area contributed by atoms with Gasteiger partial charge in [0.05, 0.1) is 18.3 Å². The fraction of sp³-hybridized carbons (Fsp3) is 0.500. The predicted octanol–water partition coefficient (Wildman–Crippen LogP) is 5.30. The standard InChI is InChI=1S/C34H45ClN4O3/c1-5-36-33(40)39(21-24-10-13-26(35)14-11-24)27-16-19-38(22-27)18-7-8-28-29-9-6-17-37(4)31(29)23-42-32-15-12-25(20-30(28)32)34(2,3)41/h6,8-15,20,27,30,32,41H,5,7,16-19,21-23H2,1-4H3,(H,36,40)/b28-8+/t27-,30?,32?/m0/s1. The average Bonchev–Trinajstić information content (AvgIpc) is 3.36. The lowest BCUT2D eigenvalue weighted by Crippen LogP contribution is -2.46. The van der Waals surface area contributed by atoms with Gasteiger partial charge in [-0.2, -0.15) is 0 Å². The van der Waals surface area contributed by atoms with Crippen molar-refractivity contribution in [2.24, 2.45) is 5.92 Å². The van der Waals surface area contributed by atoms with Crippen LogP contribution in [0.5, 0.6) is 0 Å². The number of likely N-dealkylation sites (N-methyl/N-ethyl adjacent to an activating group) is 1. The highest BCUT2D eigenvalue weighted by molar-refractivity contribution is 6.30. The molecule has 0 spiro atoms. The first-order chi connectivity index (χ1) is 20.1. The molecule has 226 valence electrons. The zero-order valence-corrected chi connectivity index (χ0v) is 26.1. The van der Waals surface area contributed by atoms with Crippen molar-refractivity contribution in [3.05, 3.63) is 93.7 Å². The van der Waals surface area contributed by atoms with Crippen molar-refractivity contribution in [2.45, 2.75) is 57.9 Å². The first kappa shape index (κ1) is 30.6. The second-order valence-corrected chi connectivity index (χ2v) is 12.7. The Bertz CT molecular complexity index is 1290. The van der Waals surface area contributed by atoms with Gasteiger partial charge in [0.15, 0.2) is 0 Å². The molecule has 3 heterocycles. The normalized spacial score (nSPS) is 25.3. The summed E-state index contributed by atoms with van der Waals surface area (Å²) in [6, 6.07) is 7.89. The van der Waals surface area contributed by atoms with E-state index in [0.29, 0.717) is 24.7 Å². The van der Waals surface area contributed by atoms with Gasteiger partial charge < -0.3 is 29.9 Å². The SMILES string of the molecule is CCNC(=O)N(Cc1ccc(Cl)cc1)[C@H]1CCN(CC/C=C2\C3=C(COC4C=CC(C(C)(C)O)=CC24)N(C)CC=C3)C1. The van der Waals surface area contributed by atoms with E-state index in [1.165, 1.54) is 16.8 Å². The van der Waals surface area contributed by atoms with Gasteiger partial charge in [0.2, 0.25) is 0 Å². The number of nitrogens with zero attached hydrogens (tertiary/aromatic N) is 3. The third-order valence-corrected chi connectivity index (χ3v) is 9.01. The van der Waals surface area contributed by atoms with E-state index < -0.39 is 5.60 Å². The number of hydrogen-bond acceptors (Lipinski definition) is 5. The molecule has 1 fully saturated rings. The first-order valence-electron chi connectivity index (χ1n) is 15.2. The molecule has 5 rings (SSSR count). The van der Waals surface area contributed by atoms with Gasteiger partial charge in [-0.15, -0.1) is 0 Å². The van der Waals surface area contributed by atoms with Crippen molar-refractivity contribution in [1.29, 1.82) is 0 Å². The number of hydrogen-bond donors (Lipinski definition) is 2. The number of nitrogens with one attached hydrogen (secondary N) is 1. The number of halogens is 1. The van der Waals surface area contributed by atoms with E-state index in [0.717, 1.165) is 50.2 Å². The van der Waals surface area contributed by atoms with Crippen LogP contribution in [0.2, 0.25) is 5.02 Å². The number of carbonyl (C=O) groups is 1. The van der Waals surface area contributed by atoms with E-state index in [1.807, 2.05) is 56.0 Å². The molecule has 4 aliphatic rings. The Morgan fingerprint density at radius 2 is 2.05 bits per heavy atom. The van der Waals surface area contributed by atoms with Gasteiger partial charge in [0.1, 0.15) is 0 Å². The quantitative estimate of drug-likeness (QED) is 0.429. The molecule has 2 unspecified atom stereocenters. The molecule has 1 aromatic carbocycles. The van der Waals surface area contributed by atoms with Gasteiger partial charge >= 0.3 is 6.03 Å². The lowest BCUT2D eigenvalue weighted by Gasteiger charge is -2.31. The van der Waals surface area contributed by atoms with E-state index in [2.05, 4.69) is 52.5 Å². The highest BCUT2D eigenvalue weighted by Gasteiger charge is 2.35. The Balaban J connectivity index is 1.32. The smallest absolute Gasteiger partial charge is 0.317 e. The monoisotopic (exact) mass is 592 g/mol. The van der Waals surface area contributed by atoms with Crippen LogP contribution in [-0.4, -0.2) is 90.0 Å². The number of fused-ring (bicyclic) bond motifs is 1. The topological polar surface area (TPSA) is 68.3 Å². The Kier molecular flexibility index (Phi) is 9.63. The van der Waals surface area contributed by atoms with Gasteiger partial charge in [-0.05, 0) is 68.0 Å². The van der Waals surface area contributed by atoms with E-state index in [-0.39, 0.29) is 24.1 Å². The maximum atomic E-state index is 13.1. The minimum Gasteiger partial charge on any atom is -0.386 e. The second kappa shape index (κ2) is 13.2. The molecule has 42 heavy (non-hydrogen) atoms. The third-order valence-electron chi connectivity index (χ3n) is 8.76. The number of ether oxygens (including phenoxy) is 1. The molecule has 1 saturated heterocycles. The summed E-state index contributed by atoms with van der Waals surface area (Å²) in [7, 11) is 2.12. The number of carbonyl (C=O) groups excluding carboxylic acids is 1. The molecule has 1 aromatic rings. The highest BCUT2D eigenvalue weighted by Crippen LogP contribution is 2.39. The van der Waals surface area contributed by atoms with Crippen LogP contribution < -0.4 is 5.32 Å². The van der Waals surface area contributed by atoms with Crippen LogP contribution in [0.4, 0.5) is 4.79 Å². The maximum Gasteiger partial charge on any atom is 0.317 e. The van der Waals surface area contributed by atoms with Crippen LogP contribution in [0, 0.1) is 5.92 Å². The minimum absolute atomic E-state index is 0.0154. The minimum atomic E-state index is -0.915. The summed E-state index contributed by atoms with van der Waals surface area (Å²) in [6.07, 6.45) is 14.9. The summed E-state index contributed by atoms with van der Waals surface area (Å²) in [4.78, 5) is 19.8. The fourth-order valence-corrected chi connectivity index (χ4v) is 6.49. The summed E-state index contributed by atoms with van der Waals surface area (Å²) < 4.78 is 6.41. The summed E-state index contributed by atoms with van der Waals surface area (Å²) in [5.41, 5.74) is 4.80. The summed E-state index contributed by atoms with van der Waals surface area (Å²) in [5.74, 6) is 0.0407. The largest absolute Gasteiger partial charge is 0.386 e. The van der Waals surface area contributed by atoms with Gasteiger partial charge in [0.25, 0.3) is 0 Å². The molecule has 0 aromatic heterocycles. The van der Waals surface area contributed by atoms with Gasteiger partial charge in [0, 0.05) is 69.0 Å². The first-order valence-corrected chi connectivity index (χ1v) is 15.6. The van der Waals surface area contributed by atoms with Crippen molar-refractivity contribution in [1.82, 2.24) is 20.0 Å². The molecular weight excluding hydrogens is 548 g/mol. The molecule has 7 nitrogen and oxygen atoms in total. The lowest BCUT2D eigenvalue weighted by atomic mass is 9.79. The molecule has 2 amide bonds. The molecule has 8 heteroatoms. The molecule has 3 atom stereocenters. The van der Waals surface area contributed by atoms with Crippen molar-refractivity contribution in [3.8, 4) is 0 Å². The van der Waals surface area contributed by atoms with E-state index in [9.17, 15) is 9.90 Å². The maximum absolute atomic E-state index is 13.1. The van der Waals surface area contributed by atoms with Crippen molar-refractivity contribution < 1.29 is 14.6 Å². The predicted molar refractivity (Wildman–Crippen MR) is 169 cm³/mol. The van der Waals surface area contributed by atoms with Crippen LogP contribution in [0.25, 0.3) is 0 Å². The molecule has 0 bridgehead atoms. The number of aliphatic hydroxyl groups is 1. The summed E-state index contributed by atoms with van der Waals surface area (Å²) >= 11 is 6.09. The van der Waals surface area contributed by atoms with E-state index in [4.69, 9.17) is 16.3 Å². The van der Waals surface area contributed by atoms with Gasteiger partial charge in [-0.3, -0.25) is 0 Å². The number of allylic oxidation sites excluding steroid dienone is 2. The summed E-state index contributed by atoms with van der Waals surface area (Å²) in [6.45, 7) is 11.0. The Hall–Kier alpha value is -2.84. The highest BCUT2D eigenvalue weighted by atomic mass is 35.5. The van der Waals surface area contributed by atoms with Crippen molar-refractivity contribution in [2.75, 3.05) is 46.4 Å². The Morgan fingerprint density at radius 3 is 2.79 bits per heavy atom. The molecule has 0 radical (unpaired) electrons. The molecule has 3 aliphatic heterocycles. The van der Waals surface area contributed by atoms with E-state index >= 15 is 0 Å². The van der Waals surface area contributed by atoms with Crippen LogP contribution >= 0.6 is 11.6 Å². The zero-order chi connectivity index (χ0) is 29.9. The summed E-state index contributed by atoms with van der Waals surface area (Å²) in [5, 5.41) is 14.5. The van der Waals surface area contributed by atoms with Crippen LogP contribution in [0.15, 0.2) is 83.1 Å². The van der Waals surface area contributed by atoms with Gasteiger partial charge in [-0.25, -0.2) is 4.79 Å². The molecular formula is C34H45ClN4O3. The third kappa shape index (κ3) is 7.03. The van der Waals surface area contributed by atoms with Crippen LogP contribution in [0.3, 0.4) is 0 Å². The molecule has 1 aliphatic carbocycles. The number of benzene rings is 1. The molecule has 0 saturated carbocycles. The van der Waals surface area contributed by atoms with Crippen LogP contribution in [0.1, 0.15) is 39.2 Å². The Labute approximate surface area is 255 Å². The number of amides is 2. The fourth-order valence-electron chi connectivity index (χ4n) is 6.37. The van der Waals surface area contributed by atoms with Crippen molar-refractivity contribution >= 4 is 17.6 Å². The lowest BCUT2D eigenvalue weighted by molar-refractivity contribution is 0.0741. The molecule has 2 N–H and O–H groups in total. The Morgan fingerprint density at radius 1 is 1.26 bits per heavy atom. The number of urea groups is 1. The van der Waals surface area contributed by atoms with Gasteiger partial charge in [-0.1, -0.05) is 60.2 Å². The number of rotatable bonds is 8. The number of likely N-dealkylation sites (tertiary alicyclic amines) is 1. The van der Waals surface area contributed by atoms with E-state index in [1.54, 1.807) is 0 Å². The zero-order valence-electron chi connectivity index (χ0n) is 25.4. The second-order valence-electron chi connectivity index (χ2n) is 12.3. The van der Waals surface area contributed by atoms with Crippen LogP contribution in [-0.2, 0) is 11.3 Å². The van der Waals surface area contributed by atoms with Crippen molar-refractivity contribution in [3.63, 3.8) is 0 Å². The average molecular weight is 593 g/mol.